The molecule has 0 N–H and O–H groups in total. The lowest BCUT2D eigenvalue weighted by Gasteiger charge is -2.28. The first-order valence-corrected chi connectivity index (χ1v) is 8.88. The maximum absolute atomic E-state index is 13.7. The lowest BCUT2D eigenvalue weighted by atomic mass is 10.1. The highest BCUT2D eigenvalue weighted by atomic mass is 32.2. The summed E-state index contributed by atoms with van der Waals surface area (Å²) < 4.78 is 36.9. The Bertz CT molecular complexity index is 618. The van der Waals surface area contributed by atoms with Gasteiger partial charge in [0.05, 0.1) is 17.1 Å². The van der Waals surface area contributed by atoms with Crippen LogP contribution in [0.4, 0.5) is 4.39 Å². The fourth-order valence-electron chi connectivity index (χ4n) is 2.50. The summed E-state index contributed by atoms with van der Waals surface area (Å²) in [5.74, 6) is -1.24. The van der Waals surface area contributed by atoms with Crippen molar-refractivity contribution in [1.29, 1.82) is 0 Å². The number of carbonyl (C=O) groups is 1. The molecule has 1 aromatic heterocycles. The number of nitrogens with zero attached hydrogens (tertiary/aromatic N) is 2. The second kappa shape index (κ2) is 6.51. The summed E-state index contributed by atoms with van der Waals surface area (Å²) >= 11 is 0. The molecule has 0 aliphatic carbocycles. The van der Waals surface area contributed by atoms with E-state index in [1.807, 2.05) is 6.92 Å². The van der Waals surface area contributed by atoms with Gasteiger partial charge >= 0.3 is 0 Å². The molecular formula is C14H19FN2O3S. The molecule has 1 atom stereocenters. The van der Waals surface area contributed by atoms with Gasteiger partial charge in [0.1, 0.15) is 0 Å². The molecule has 116 valence electrons. The highest BCUT2D eigenvalue weighted by Crippen LogP contribution is 2.21. The Morgan fingerprint density at radius 3 is 2.86 bits per heavy atom. The molecule has 5 nitrogen and oxygen atoms in total. The molecule has 21 heavy (non-hydrogen) atoms. The lowest BCUT2D eigenvalue weighted by Crippen LogP contribution is -2.42. The molecule has 1 fully saturated rings. The highest BCUT2D eigenvalue weighted by Gasteiger charge is 2.35. The molecule has 1 aliphatic rings. The van der Waals surface area contributed by atoms with Crippen molar-refractivity contribution in [3.8, 4) is 0 Å². The van der Waals surface area contributed by atoms with Crippen molar-refractivity contribution >= 4 is 15.7 Å². The van der Waals surface area contributed by atoms with Crippen LogP contribution < -0.4 is 0 Å². The number of aromatic nitrogens is 1. The Hall–Kier alpha value is -1.50. The van der Waals surface area contributed by atoms with Gasteiger partial charge in [-0.25, -0.2) is 13.4 Å². The van der Waals surface area contributed by atoms with Gasteiger partial charge in [-0.15, -0.1) is 0 Å². The quantitative estimate of drug-likeness (QED) is 0.775. The van der Waals surface area contributed by atoms with E-state index in [1.54, 1.807) is 0 Å². The van der Waals surface area contributed by atoms with Crippen LogP contribution in [0.15, 0.2) is 18.3 Å². The first-order chi connectivity index (χ1) is 9.94. The largest absolute Gasteiger partial charge is 0.334 e. The Kier molecular flexibility index (Phi) is 4.92. The standard InChI is InChI=1S/C14H19FN2O3S/c1-2-3-8-17(11-6-9-21(19,20)10-11)14(18)12-5-4-7-16-13(12)15/h4-5,7,11H,2-3,6,8-10H2,1H3. The summed E-state index contributed by atoms with van der Waals surface area (Å²) in [7, 11) is -3.09. The molecule has 1 unspecified atom stereocenters. The number of hydrogen-bond acceptors (Lipinski definition) is 4. The van der Waals surface area contributed by atoms with E-state index in [2.05, 4.69) is 4.98 Å². The van der Waals surface area contributed by atoms with Crippen molar-refractivity contribution in [2.24, 2.45) is 0 Å². The fourth-order valence-corrected chi connectivity index (χ4v) is 4.23. The van der Waals surface area contributed by atoms with Crippen LogP contribution in [-0.2, 0) is 9.84 Å². The summed E-state index contributed by atoms with van der Waals surface area (Å²) in [5, 5.41) is 0. The van der Waals surface area contributed by atoms with E-state index in [4.69, 9.17) is 0 Å². The molecule has 1 aromatic rings. The average molecular weight is 314 g/mol. The van der Waals surface area contributed by atoms with Crippen LogP contribution in [0.3, 0.4) is 0 Å². The van der Waals surface area contributed by atoms with Crippen molar-refractivity contribution in [3.63, 3.8) is 0 Å². The minimum Gasteiger partial charge on any atom is -0.334 e. The van der Waals surface area contributed by atoms with Crippen LogP contribution in [0.1, 0.15) is 36.5 Å². The molecule has 2 rings (SSSR count). The number of amides is 1. The van der Waals surface area contributed by atoms with Crippen LogP contribution in [0.2, 0.25) is 0 Å². The molecule has 2 heterocycles. The molecular weight excluding hydrogens is 295 g/mol. The van der Waals surface area contributed by atoms with E-state index in [9.17, 15) is 17.6 Å². The van der Waals surface area contributed by atoms with Crippen molar-refractivity contribution in [2.75, 3.05) is 18.1 Å². The Balaban J connectivity index is 2.24. The lowest BCUT2D eigenvalue weighted by molar-refractivity contribution is 0.0688. The van der Waals surface area contributed by atoms with Crippen molar-refractivity contribution in [2.45, 2.75) is 32.2 Å². The predicted molar refractivity (Wildman–Crippen MR) is 77.2 cm³/mol. The van der Waals surface area contributed by atoms with E-state index in [1.165, 1.54) is 23.2 Å². The number of unbranched alkanes of at least 4 members (excludes halogenated alkanes) is 1. The van der Waals surface area contributed by atoms with Gasteiger partial charge in [0.25, 0.3) is 5.91 Å². The molecule has 1 amide bonds. The molecule has 1 aliphatic heterocycles. The van der Waals surface area contributed by atoms with E-state index in [0.717, 1.165) is 12.8 Å². The number of pyridine rings is 1. The predicted octanol–water partition coefficient (Wildman–Crippen LogP) is 1.65. The number of rotatable bonds is 5. The van der Waals surface area contributed by atoms with E-state index < -0.39 is 21.7 Å². The van der Waals surface area contributed by atoms with Crippen LogP contribution in [-0.4, -0.2) is 48.3 Å². The molecule has 0 radical (unpaired) electrons. The van der Waals surface area contributed by atoms with Gasteiger partial charge < -0.3 is 4.90 Å². The topological polar surface area (TPSA) is 67.3 Å². The maximum Gasteiger partial charge on any atom is 0.258 e. The molecule has 0 bridgehead atoms. The summed E-state index contributed by atoms with van der Waals surface area (Å²) in [6, 6.07) is 2.51. The Labute approximate surface area is 124 Å². The maximum atomic E-state index is 13.7. The molecule has 0 aromatic carbocycles. The second-order valence-corrected chi connectivity index (χ2v) is 7.48. The molecule has 0 spiro atoms. The number of sulfone groups is 1. The Morgan fingerprint density at radius 1 is 1.52 bits per heavy atom. The van der Waals surface area contributed by atoms with Crippen molar-refractivity contribution in [1.82, 2.24) is 9.88 Å². The minimum atomic E-state index is -3.09. The molecule has 1 saturated heterocycles. The van der Waals surface area contributed by atoms with Gasteiger partial charge in [-0.3, -0.25) is 4.79 Å². The van der Waals surface area contributed by atoms with Crippen molar-refractivity contribution in [3.05, 3.63) is 29.8 Å². The number of hydrogen-bond donors (Lipinski definition) is 0. The highest BCUT2D eigenvalue weighted by molar-refractivity contribution is 7.91. The Morgan fingerprint density at radius 2 is 2.29 bits per heavy atom. The first-order valence-electron chi connectivity index (χ1n) is 7.06. The minimum absolute atomic E-state index is 0.0374. The third kappa shape index (κ3) is 3.78. The zero-order valence-electron chi connectivity index (χ0n) is 12.0. The van der Waals surface area contributed by atoms with Crippen LogP contribution in [0.5, 0.6) is 0 Å². The second-order valence-electron chi connectivity index (χ2n) is 5.25. The number of carbonyl (C=O) groups excluding carboxylic acids is 1. The summed E-state index contributed by atoms with van der Waals surface area (Å²) in [6.45, 7) is 2.42. The summed E-state index contributed by atoms with van der Waals surface area (Å²) in [5.41, 5.74) is -0.0992. The third-order valence-corrected chi connectivity index (χ3v) is 5.40. The van der Waals surface area contributed by atoms with Crippen LogP contribution in [0, 0.1) is 5.95 Å². The smallest absolute Gasteiger partial charge is 0.258 e. The van der Waals surface area contributed by atoms with Crippen molar-refractivity contribution < 1.29 is 17.6 Å². The average Bonchev–Trinajstić information content (AvgIpc) is 2.79. The molecule has 7 heteroatoms. The molecule has 0 saturated carbocycles. The van der Waals surface area contributed by atoms with E-state index in [0.29, 0.717) is 13.0 Å². The summed E-state index contributed by atoms with van der Waals surface area (Å²) in [6.07, 6.45) is 3.32. The van der Waals surface area contributed by atoms with Crippen LogP contribution >= 0.6 is 0 Å². The normalized spacial score (nSPS) is 20.4. The van der Waals surface area contributed by atoms with Gasteiger partial charge in [-0.05, 0) is 25.0 Å². The fraction of sp³-hybridized carbons (Fsp3) is 0.571. The van der Waals surface area contributed by atoms with Gasteiger partial charge in [0, 0.05) is 18.8 Å². The van der Waals surface area contributed by atoms with Gasteiger partial charge in [-0.1, -0.05) is 13.3 Å². The SMILES string of the molecule is CCCCN(C(=O)c1cccnc1F)C1CCS(=O)(=O)C1. The monoisotopic (exact) mass is 314 g/mol. The zero-order valence-corrected chi connectivity index (χ0v) is 12.8. The zero-order chi connectivity index (χ0) is 15.5. The van der Waals surface area contributed by atoms with E-state index in [-0.39, 0.29) is 23.1 Å². The van der Waals surface area contributed by atoms with Gasteiger partial charge in [-0.2, -0.15) is 4.39 Å². The third-order valence-electron chi connectivity index (χ3n) is 3.65. The van der Waals surface area contributed by atoms with Crippen LogP contribution in [0.25, 0.3) is 0 Å². The van der Waals surface area contributed by atoms with E-state index >= 15 is 0 Å². The first kappa shape index (κ1) is 15.9. The van der Waals surface area contributed by atoms with Gasteiger partial charge in [0.2, 0.25) is 5.95 Å². The van der Waals surface area contributed by atoms with Gasteiger partial charge in [0.15, 0.2) is 9.84 Å². The summed E-state index contributed by atoms with van der Waals surface area (Å²) in [4.78, 5) is 17.5. The number of halogens is 1.